The minimum atomic E-state index is -4.84. The number of aliphatic carboxylic acids is 2. The first-order valence-corrected chi connectivity index (χ1v) is 15.0. The van der Waals surface area contributed by atoms with Gasteiger partial charge in [-0.05, 0) is 0 Å². The van der Waals surface area contributed by atoms with Gasteiger partial charge in [-0.15, -0.1) is 0 Å². The molecule has 0 spiro atoms. The Morgan fingerprint density at radius 1 is 0.784 bits per heavy atom. The zero-order chi connectivity index (χ0) is 27.1. The van der Waals surface area contributed by atoms with Crippen LogP contribution in [0.3, 0.4) is 0 Å². The number of hydrogen-bond donors (Lipinski definition) is 3. The number of unbranched alkanes of at least 4 members (excludes halogenated alkanes) is 15. The molecule has 0 aliphatic heterocycles. The number of benzene rings is 1. The molecule has 37 heavy (non-hydrogen) atoms. The minimum Gasteiger partial charge on any atom is -0.481 e. The Balaban J connectivity index is 0. The number of aryl methyl sites for hydroxylation is 1. The van der Waals surface area contributed by atoms with E-state index >= 15 is 0 Å². The smallest absolute Gasteiger partial charge is 0.481 e. The van der Waals surface area contributed by atoms with Crippen molar-refractivity contribution in [2.75, 3.05) is 0 Å². The average molecular weight is 567 g/mol. The van der Waals surface area contributed by atoms with Crippen LogP contribution in [0.2, 0.25) is 0 Å². The summed E-state index contributed by atoms with van der Waals surface area (Å²) in [6.45, 7) is 2.30. The van der Waals surface area contributed by atoms with Crippen molar-refractivity contribution in [1.82, 2.24) is 0 Å². The maximum atomic E-state index is 10.2. The van der Waals surface area contributed by atoms with E-state index in [1.165, 1.54) is 115 Å². The summed E-state index contributed by atoms with van der Waals surface area (Å²) in [7, 11) is -4.84. The van der Waals surface area contributed by atoms with E-state index < -0.39 is 33.7 Å². The molecule has 1 rings (SSSR count). The van der Waals surface area contributed by atoms with Crippen LogP contribution in [0.1, 0.15) is 122 Å². The molecule has 9 heteroatoms. The van der Waals surface area contributed by atoms with E-state index in [2.05, 4.69) is 31.2 Å². The normalized spacial score (nSPS) is 11.6. The van der Waals surface area contributed by atoms with Gasteiger partial charge in [0.25, 0.3) is 10.1 Å². The number of hydrogen-bond acceptors (Lipinski definition) is 4. The predicted molar refractivity (Wildman–Crippen MR) is 144 cm³/mol. The molecule has 0 saturated carbocycles. The van der Waals surface area contributed by atoms with Crippen molar-refractivity contribution in [3.8, 4) is 0 Å². The Morgan fingerprint density at radius 3 is 1.51 bits per heavy atom. The van der Waals surface area contributed by atoms with E-state index in [1.54, 1.807) is 0 Å². The monoisotopic (exact) mass is 566 g/mol. The largest absolute Gasteiger partial charge is 1.00 e. The summed E-state index contributed by atoms with van der Waals surface area (Å²) in [6, 6.07) is 11.7. The van der Waals surface area contributed by atoms with Crippen molar-refractivity contribution in [2.24, 2.45) is 0 Å². The maximum Gasteiger partial charge on any atom is 1.00 e. The van der Waals surface area contributed by atoms with Crippen molar-refractivity contribution >= 4 is 22.1 Å². The molecular weight excluding hydrogens is 519 g/mol. The standard InChI is InChI=1S/C24H41.C4H6O7S.K/c1-2-3-4-5-6-7-8-9-10-11-12-13-14-15-16-18-21-24-22-19-17-20-23-24;5-3(6)1-2(4(7)8)12(9,10)11;/h17,19-20,22H,2-16,18,21H2,1H3;2H,1H2,(H,5,6)(H,7,8)(H,9,10,11);/q-1;;+1. The third kappa shape index (κ3) is 25.7. The molecule has 0 bridgehead atoms. The molecule has 7 nitrogen and oxygen atoms in total. The molecule has 1 aromatic rings. The van der Waals surface area contributed by atoms with E-state index in [9.17, 15) is 18.0 Å². The third-order valence-corrected chi connectivity index (χ3v) is 7.16. The van der Waals surface area contributed by atoms with Crippen LogP contribution in [0.15, 0.2) is 24.3 Å². The molecule has 0 aliphatic carbocycles. The summed E-state index contributed by atoms with van der Waals surface area (Å²) in [5, 5.41) is 13.9. The van der Waals surface area contributed by atoms with Crippen molar-refractivity contribution in [3.63, 3.8) is 0 Å². The molecule has 0 saturated heterocycles. The van der Waals surface area contributed by atoms with Gasteiger partial charge in [-0.3, -0.25) is 14.1 Å². The van der Waals surface area contributed by atoms with E-state index in [4.69, 9.17) is 14.8 Å². The maximum absolute atomic E-state index is 10.2. The van der Waals surface area contributed by atoms with Gasteiger partial charge < -0.3 is 10.2 Å². The molecule has 0 radical (unpaired) electrons. The van der Waals surface area contributed by atoms with Gasteiger partial charge in [0, 0.05) is 0 Å². The second kappa shape index (κ2) is 26.0. The molecule has 1 unspecified atom stereocenters. The summed E-state index contributed by atoms with van der Waals surface area (Å²) in [5.41, 5.74) is 1.38. The summed E-state index contributed by atoms with van der Waals surface area (Å²) in [6.07, 6.45) is 23.1. The number of rotatable bonds is 21. The topological polar surface area (TPSA) is 129 Å². The summed E-state index contributed by atoms with van der Waals surface area (Å²) in [4.78, 5) is 20.0. The van der Waals surface area contributed by atoms with Crippen LogP contribution >= 0.6 is 0 Å². The number of carbonyl (C=O) groups is 2. The first-order valence-electron chi connectivity index (χ1n) is 13.5. The minimum absolute atomic E-state index is 0. The van der Waals surface area contributed by atoms with Gasteiger partial charge in [-0.2, -0.15) is 44.3 Å². The molecule has 0 amide bonds. The Labute approximate surface area is 267 Å². The zero-order valence-corrected chi connectivity index (χ0v) is 26.9. The number of carboxylic acids is 2. The van der Waals surface area contributed by atoms with Gasteiger partial charge in [0.1, 0.15) is 0 Å². The van der Waals surface area contributed by atoms with E-state index in [-0.39, 0.29) is 51.4 Å². The van der Waals surface area contributed by atoms with E-state index in [0.717, 1.165) is 0 Å². The molecule has 0 aromatic heterocycles. The van der Waals surface area contributed by atoms with Crippen molar-refractivity contribution in [2.45, 2.75) is 128 Å². The Kier molecular flexibility index (Phi) is 27.3. The van der Waals surface area contributed by atoms with Crippen LogP contribution in [0, 0.1) is 6.07 Å². The quantitative estimate of drug-likeness (QED) is 0.0884. The molecule has 0 heterocycles. The second-order valence-corrected chi connectivity index (χ2v) is 11.0. The summed E-state index contributed by atoms with van der Waals surface area (Å²) < 4.78 is 28.7. The van der Waals surface area contributed by atoms with Crippen molar-refractivity contribution in [1.29, 1.82) is 0 Å². The van der Waals surface area contributed by atoms with Gasteiger partial charge in [0.2, 0.25) is 0 Å². The van der Waals surface area contributed by atoms with Gasteiger partial charge >= 0.3 is 63.3 Å². The Bertz CT molecular complexity index is 785. The summed E-state index contributed by atoms with van der Waals surface area (Å²) >= 11 is 0. The van der Waals surface area contributed by atoms with Crippen LogP contribution in [-0.4, -0.2) is 40.4 Å². The fourth-order valence-corrected chi connectivity index (χ4v) is 4.54. The SMILES string of the molecule is CCCCCCCCCCCCCCCCCCc1[c-]cccc1.O=C(O)CC(C(=O)O)S(=O)(=O)O.[K+]. The predicted octanol–water partition coefficient (Wildman–Crippen LogP) is 4.10. The molecule has 208 valence electrons. The molecule has 3 N–H and O–H groups in total. The van der Waals surface area contributed by atoms with Crippen LogP contribution in [0.4, 0.5) is 0 Å². The van der Waals surface area contributed by atoms with Gasteiger partial charge in [0.15, 0.2) is 5.25 Å². The molecule has 1 aromatic carbocycles. The van der Waals surface area contributed by atoms with E-state index in [0.29, 0.717) is 0 Å². The summed E-state index contributed by atoms with van der Waals surface area (Å²) in [5.74, 6) is -3.50. The first kappa shape index (κ1) is 38.9. The molecular formula is C28H47KO7S. The second-order valence-electron chi connectivity index (χ2n) is 9.38. The molecule has 0 aliphatic rings. The third-order valence-electron chi connectivity index (χ3n) is 6.07. The van der Waals surface area contributed by atoms with Crippen LogP contribution in [0.5, 0.6) is 0 Å². The van der Waals surface area contributed by atoms with Gasteiger partial charge in [0.05, 0.1) is 6.42 Å². The van der Waals surface area contributed by atoms with E-state index in [1.807, 2.05) is 6.07 Å². The van der Waals surface area contributed by atoms with Crippen LogP contribution in [0.25, 0.3) is 0 Å². The fraction of sp³-hybridized carbons (Fsp3) is 0.714. The average Bonchev–Trinajstić information content (AvgIpc) is 2.82. The van der Waals surface area contributed by atoms with Gasteiger partial charge in [-0.25, -0.2) is 0 Å². The first-order chi connectivity index (χ1) is 17.2. The Hall–Kier alpha value is -0.294. The zero-order valence-electron chi connectivity index (χ0n) is 23.0. The molecule has 0 fully saturated rings. The van der Waals surface area contributed by atoms with Crippen LogP contribution in [-0.2, 0) is 26.1 Å². The van der Waals surface area contributed by atoms with Crippen LogP contribution < -0.4 is 51.4 Å². The van der Waals surface area contributed by atoms with Crippen molar-refractivity contribution < 1.29 is 84.2 Å². The molecule has 1 atom stereocenters. The van der Waals surface area contributed by atoms with Gasteiger partial charge in [-0.1, -0.05) is 116 Å². The Morgan fingerprint density at radius 2 is 1.22 bits per heavy atom. The fourth-order valence-electron chi connectivity index (χ4n) is 3.93. The number of carboxylic acid groups (broad SMARTS) is 2. The van der Waals surface area contributed by atoms with Crippen molar-refractivity contribution in [3.05, 3.63) is 35.9 Å².